The lowest BCUT2D eigenvalue weighted by Crippen LogP contribution is -2.34. The molecule has 1 N–H and O–H groups in total. The molecular formula is C24H33F2NO. The summed E-state index contributed by atoms with van der Waals surface area (Å²) in [7, 11) is 0. The molecule has 4 heteroatoms. The Morgan fingerprint density at radius 1 is 0.786 bits per heavy atom. The molecule has 0 fully saturated rings. The minimum absolute atomic E-state index is 0.342. The average Bonchev–Trinajstić information content (AvgIpc) is 2.61. The molecule has 0 spiro atoms. The Labute approximate surface area is 168 Å². The van der Waals surface area contributed by atoms with E-state index in [1.807, 2.05) is 0 Å². The molecular weight excluding hydrogens is 356 g/mol. The predicted octanol–water partition coefficient (Wildman–Crippen LogP) is 5.59. The number of aliphatic hydroxyl groups is 1. The number of nitrogens with zero attached hydrogens (tertiary/aromatic N) is 1. The van der Waals surface area contributed by atoms with E-state index in [9.17, 15) is 13.9 Å². The maximum Gasteiger partial charge on any atom is 0.123 e. The van der Waals surface area contributed by atoms with Crippen molar-refractivity contribution in [3.63, 3.8) is 0 Å². The van der Waals surface area contributed by atoms with Gasteiger partial charge in [0.25, 0.3) is 0 Å². The highest BCUT2D eigenvalue weighted by atomic mass is 19.1. The van der Waals surface area contributed by atoms with Crippen molar-refractivity contribution in [3.05, 3.63) is 71.3 Å². The Kier molecular flexibility index (Phi) is 8.14. The van der Waals surface area contributed by atoms with Crippen LogP contribution in [0.25, 0.3) is 0 Å². The molecule has 154 valence electrons. The van der Waals surface area contributed by atoms with Crippen LogP contribution in [0, 0.1) is 23.5 Å². The molecule has 0 aromatic heterocycles. The third-order valence-corrected chi connectivity index (χ3v) is 4.90. The van der Waals surface area contributed by atoms with E-state index in [0.29, 0.717) is 29.4 Å². The lowest BCUT2D eigenvalue weighted by molar-refractivity contribution is 0.0635. The first-order valence-electron chi connectivity index (χ1n) is 10.2. The maximum absolute atomic E-state index is 13.4. The Bertz CT molecular complexity index is 655. The predicted molar refractivity (Wildman–Crippen MR) is 111 cm³/mol. The van der Waals surface area contributed by atoms with Crippen LogP contribution >= 0.6 is 0 Å². The first kappa shape index (κ1) is 22.5. The molecule has 2 aromatic carbocycles. The molecule has 0 unspecified atom stereocenters. The number of halogens is 2. The smallest absolute Gasteiger partial charge is 0.123 e. The van der Waals surface area contributed by atoms with Crippen molar-refractivity contribution in [2.75, 3.05) is 19.6 Å². The molecule has 2 aromatic rings. The number of hydrogen-bond donors (Lipinski definition) is 1. The van der Waals surface area contributed by atoms with E-state index in [-0.39, 0.29) is 11.6 Å². The second-order valence-electron chi connectivity index (χ2n) is 8.52. The van der Waals surface area contributed by atoms with E-state index in [2.05, 4.69) is 32.6 Å². The molecule has 0 aliphatic heterocycles. The molecule has 0 heterocycles. The van der Waals surface area contributed by atoms with Crippen LogP contribution in [-0.4, -0.2) is 29.6 Å². The van der Waals surface area contributed by atoms with E-state index >= 15 is 0 Å². The average molecular weight is 390 g/mol. The minimum atomic E-state index is -1.28. The quantitative estimate of drug-likeness (QED) is 0.572. The van der Waals surface area contributed by atoms with Crippen LogP contribution in [0.3, 0.4) is 0 Å². The van der Waals surface area contributed by atoms with E-state index in [1.165, 1.54) is 24.3 Å². The Morgan fingerprint density at radius 3 is 1.54 bits per heavy atom. The molecule has 2 nitrogen and oxygen atoms in total. The second-order valence-corrected chi connectivity index (χ2v) is 8.52. The first-order chi connectivity index (χ1) is 13.2. The highest BCUT2D eigenvalue weighted by molar-refractivity contribution is 5.36. The van der Waals surface area contributed by atoms with Crippen molar-refractivity contribution in [3.8, 4) is 0 Å². The lowest BCUT2D eigenvalue weighted by atomic mass is 9.82. The van der Waals surface area contributed by atoms with Gasteiger partial charge >= 0.3 is 0 Å². The van der Waals surface area contributed by atoms with Crippen LogP contribution in [0.15, 0.2) is 48.5 Å². The summed E-state index contributed by atoms with van der Waals surface area (Å²) in [5.41, 5.74) is -0.0255. The molecule has 0 bridgehead atoms. The highest BCUT2D eigenvalue weighted by Gasteiger charge is 2.31. The molecule has 0 saturated carbocycles. The Balaban J connectivity index is 2.20. The summed E-state index contributed by atoms with van der Waals surface area (Å²) in [6, 6.07) is 11.9. The van der Waals surface area contributed by atoms with Gasteiger partial charge in [-0.05, 0) is 66.6 Å². The van der Waals surface area contributed by atoms with E-state index < -0.39 is 5.60 Å². The number of benzene rings is 2. The number of rotatable bonds is 10. The molecule has 0 aliphatic rings. The molecule has 0 aliphatic carbocycles. The fraction of sp³-hybridized carbons (Fsp3) is 0.500. The van der Waals surface area contributed by atoms with Gasteiger partial charge < -0.3 is 10.0 Å². The summed E-state index contributed by atoms with van der Waals surface area (Å²) in [6.07, 6.45) is 1.27. The van der Waals surface area contributed by atoms with Crippen LogP contribution in [0.1, 0.15) is 51.7 Å². The van der Waals surface area contributed by atoms with Crippen LogP contribution in [0.5, 0.6) is 0 Å². The third kappa shape index (κ3) is 6.39. The van der Waals surface area contributed by atoms with Crippen molar-refractivity contribution in [1.82, 2.24) is 4.90 Å². The van der Waals surface area contributed by atoms with Gasteiger partial charge in [0.2, 0.25) is 0 Å². The van der Waals surface area contributed by atoms with E-state index in [1.54, 1.807) is 24.3 Å². The van der Waals surface area contributed by atoms with Crippen molar-refractivity contribution >= 4 is 0 Å². The van der Waals surface area contributed by atoms with Gasteiger partial charge in [-0.3, -0.25) is 0 Å². The third-order valence-electron chi connectivity index (χ3n) is 4.90. The van der Waals surface area contributed by atoms with Gasteiger partial charge in [-0.1, -0.05) is 52.0 Å². The monoisotopic (exact) mass is 389 g/mol. The Hall–Kier alpha value is -1.78. The van der Waals surface area contributed by atoms with Crippen LogP contribution in [-0.2, 0) is 5.60 Å². The zero-order valence-electron chi connectivity index (χ0n) is 17.5. The molecule has 0 saturated heterocycles. The van der Waals surface area contributed by atoms with Gasteiger partial charge in [-0.25, -0.2) is 8.78 Å². The van der Waals surface area contributed by atoms with Crippen molar-refractivity contribution in [2.24, 2.45) is 11.8 Å². The highest BCUT2D eigenvalue weighted by Crippen LogP contribution is 2.34. The summed E-state index contributed by atoms with van der Waals surface area (Å²) in [5, 5.41) is 11.5. The summed E-state index contributed by atoms with van der Waals surface area (Å²) in [5.74, 6) is 0.467. The topological polar surface area (TPSA) is 23.5 Å². The van der Waals surface area contributed by atoms with Gasteiger partial charge in [0.05, 0.1) is 0 Å². The van der Waals surface area contributed by atoms with Gasteiger partial charge in [0.1, 0.15) is 17.2 Å². The van der Waals surface area contributed by atoms with Crippen LogP contribution in [0.4, 0.5) is 8.78 Å². The first-order valence-corrected chi connectivity index (χ1v) is 10.2. The Morgan fingerprint density at radius 2 is 1.18 bits per heavy atom. The molecule has 0 atom stereocenters. The molecule has 2 rings (SSSR count). The zero-order valence-corrected chi connectivity index (χ0v) is 17.5. The fourth-order valence-electron chi connectivity index (χ4n) is 3.75. The van der Waals surface area contributed by atoms with Crippen LogP contribution in [0.2, 0.25) is 0 Å². The van der Waals surface area contributed by atoms with Gasteiger partial charge in [-0.15, -0.1) is 0 Å². The van der Waals surface area contributed by atoms with E-state index in [4.69, 9.17) is 0 Å². The largest absolute Gasteiger partial charge is 0.380 e. The van der Waals surface area contributed by atoms with Gasteiger partial charge in [0.15, 0.2) is 0 Å². The van der Waals surface area contributed by atoms with Gasteiger partial charge in [-0.2, -0.15) is 0 Å². The fourth-order valence-corrected chi connectivity index (χ4v) is 3.75. The van der Waals surface area contributed by atoms with Crippen molar-refractivity contribution in [2.45, 2.75) is 46.1 Å². The summed E-state index contributed by atoms with van der Waals surface area (Å²) >= 11 is 0. The standard InChI is InChI=1S/C24H33F2NO/c1-18(2)16-27(17-19(3)4)15-5-14-24(28,20-6-10-22(25)11-7-20)21-8-12-23(26)13-9-21/h6-13,18-19,28H,5,14-17H2,1-4H3. The SMILES string of the molecule is CC(C)CN(CCCC(O)(c1ccc(F)cc1)c1ccc(F)cc1)CC(C)C. The van der Waals surface area contributed by atoms with Crippen LogP contribution < -0.4 is 0 Å². The molecule has 0 radical (unpaired) electrons. The zero-order chi connectivity index (χ0) is 20.7. The van der Waals surface area contributed by atoms with Gasteiger partial charge in [0, 0.05) is 13.1 Å². The van der Waals surface area contributed by atoms with Crippen molar-refractivity contribution in [1.29, 1.82) is 0 Å². The minimum Gasteiger partial charge on any atom is -0.380 e. The van der Waals surface area contributed by atoms with E-state index in [0.717, 1.165) is 26.1 Å². The summed E-state index contributed by atoms with van der Waals surface area (Å²) in [6.45, 7) is 11.7. The maximum atomic E-state index is 13.4. The molecule has 28 heavy (non-hydrogen) atoms. The lowest BCUT2D eigenvalue weighted by Gasteiger charge is -2.32. The second kappa shape index (κ2) is 10.1. The molecule has 0 amide bonds. The summed E-state index contributed by atoms with van der Waals surface area (Å²) in [4.78, 5) is 2.44. The number of hydrogen-bond acceptors (Lipinski definition) is 2. The normalized spacial score (nSPS) is 12.4. The van der Waals surface area contributed by atoms with Crippen molar-refractivity contribution < 1.29 is 13.9 Å². The summed E-state index contributed by atoms with van der Waals surface area (Å²) < 4.78 is 26.8.